The summed E-state index contributed by atoms with van der Waals surface area (Å²) >= 11 is 0. The zero-order chi connectivity index (χ0) is 14.8. The average Bonchev–Trinajstić information content (AvgIpc) is 3.20. The highest BCUT2D eigenvalue weighted by atomic mass is 16.6. The number of aromatic nitrogens is 2. The molecule has 3 rings (SSSR count). The Balaban J connectivity index is 1.83. The van der Waals surface area contributed by atoms with Crippen molar-refractivity contribution in [3.63, 3.8) is 0 Å². The summed E-state index contributed by atoms with van der Waals surface area (Å²) < 4.78 is 5.75. The molecule has 2 heterocycles. The van der Waals surface area contributed by atoms with Crippen molar-refractivity contribution in [2.45, 2.75) is 38.3 Å². The van der Waals surface area contributed by atoms with E-state index in [-0.39, 0.29) is 29.5 Å². The maximum atomic E-state index is 11.3. The van der Waals surface area contributed by atoms with Crippen LogP contribution >= 0.6 is 0 Å². The van der Waals surface area contributed by atoms with Crippen molar-refractivity contribution in [1.29, 1.82) is 0 Å². The van der Waals surface area contributed by atoms with E-state index in [2.05, 4.69) is 20.6 Å². The van der Waals surface area contributed by atoms with Crippen molar-refractivity contribution >= 4 is 17.3 Å². The van der Waals surface area contributed by atoms with Gasteiger partial charge in [-0.2, -0.15) is 0 Å². The van der Waals surface area contributed by atoms with Crippen LogP contribution in [-0.4, -0.2) is 40.2 Å². The first-order chi connectivity index (χ1) is 10.2. The summed E-state index contributed by atoms with van der Waals surface area (Å²) in [6, 6.07) is 0.0839. The van der Waals surface area contributed by atoms with Gasteiger partial charge in [0.25, 0.3) is 0 Å². The number of hydrogen-bond donors (Lipinski definition) is 2. The van der Waals surface area contributed by atoms with Gasteiger partial charge in [0.05, 0.1) is 17.1 Å². The molecule has 1 aromatic heterocycles. The number of ether oxygens (including phenoxy) is 1. The Labute approximate surface area is 122 Å². The monoisotopic (exact) mass is 293 g/mol. The SMILES string of the molecule is CCNc1ncnc(NC2CCOC2C2CC2)c1[N+](=O)[O-]. The van der Waals surface area contributed by atoms with E-state index in [4.69, 9.17) is 4.74 Å². The average molecular weight is 293 g/mol. The predicted molar refractivity (Wildman–Crippen MR) is 77.3 cm³/mol. The largest absolute Gasteiger partial charge is 0.376 e. The molecule has 1 saturated heterocycles. The molecule has 0 radical (unpaired) electrons. The standard InChI is InChI=1S/C13H19N5O3/c1-2-14-12-10(18(19)20)13(16-7-15-12)17-9-5-6-21-11(9)8-3-4-8/h7-9,11H,2-6H2,1H3,(H2,14,15,16,17). The Bertz CT molecular complexity index is 535. The third-order valence-electron chi connectivity index (χ3n) is 3.89. The van der Waals surface area contributed by atoms with Gasteiger partial charge in [0.2, 0.25) is 11.6 Å². The molecular weight excluding hydrogens is 274 g/mol. The molecule has 0 aromatic carbocycles. The lowest BCUT2D eigenvalue weighted by Gasteiger charge is -2.20. The minimum Gasteiger partial charge on any atom is -0.376 e. The van der Waals surface area contributed by atoms with Crippen LogP contribution in [0.3, 0.4) is 0 Å². The number of nitrogens with zero attached hydrogens (tertiary/aromatic N) is 3. The molecule has 1 aromatic rings. The normalized spacial score (nSPS) is 24.8. The molecule has 8 heteroatoms. The maximum absolute atomic E-state index is 11.3. The van der Waals surface area contributed by atoms with E-state index in [1.807, 2.05) is 6.92 Å². The quantitative estimate of drug-likeness (QED) is 0.609. The van der Waals surface area contributed by atoms with Crippen molar-refractivity contribution in [2.24, 2.45) is 5.92 Å². The number of nitrogens with one attached hydrogen (secondary N) is 2. The van der Waals surface area contributed by atoms with E-state index >= 15 is 0 Å². The van der Waals surface area contributed by atoms with Gasteiger partial charge < -0.3 is 15.4 Å². The van der Waals surface area contributed by atoms with Crippen LogP contribution in [0.4, 0.5) is 17.3 Å². The van der Waals surface area contributed by atoms with Gasteiger partial charge in [-0.25, -0.2) is 9.97 Å². The fraction of sp³-hybridized carbons (Fsp3) is 0.692. The summed E-state index contributed by atoms with van der Waals surface area (Å²) in [7, 11) is 0. The van der Waals surface area contributed by atoms with Crippen LogP contribution in [0.5, 0.6) is 0 Å². The van der Waals surface area contributed by atoms with E-state index in [0.29, 0.717) is 19.1 Å². The molecule has 114 valence electrons. The molecule has 1 aliphatic carbocycles. The van der Waals surface area contributed by atoms with Crippen molar-refractivity contribution < 1.29 is 9.66 Å². The zero-order valence-corrected chi connectivity index (χ0v) is 11.9. The van der Waals surface area contributed by atoms with Gasteiger partial charge in [0, 0.05) is 13.2 Å². The molecule has 2 N–H and O–H groups in total. The summed E-state index contributed by atoms with van der Waals surface area (Å²) in [4.78, 5) is 18.9. The summed E-state index contributed by atoms with van der Waals surface area (Å²) in [6.45, 7) is 3.12. The summed E-state index contributed by atoms with van der Waals surface area (Å²) in [5, 5.41) is 17.4. The van der Waals surface area contributed by atoms with Crippen LogP contribution in [0.1, 0.15) is 26.2 Å². The Morgan fingerprint density at radius 1 is 1.38 bits per heavy atom. The lowest BCUT2D eigenvalue weighted by molar-refractivity contribution is -0.383. The minimum absolute atomic E-state index is 0.0839. The highest BCUT2D eigenvalue weighted by Gasteiger charge is 2.41. The molecule has 0 bridgehead atoms. The van der Waals surface area contributed by atoms with Crippen LogP contribution in [0, 0.1) is 16.0 Å². The van der Waals surface area contributed by atoms with Crippen molar-refractivity contribution in [2.75, 3.05) is 23.8 Å². The smallest absolute Gasteiger partial charge is 0.353 e. The molecule has 2 aliphatic rings. The topological polar surface area (TPSA) is 102 Å². The van der Waals surface area contributed by atoms with Crippen LogP contribution in [0.2, 0.25) is 0 Å². The Morgan fingerprint density at radius 2 is 2.14 bits per heavy atom. The van der Waals surface area contributed by atoms with Gasteiger partial charge in [-0.05, 0) is 32.1 Å². The Morgan fingerprint density at radius 3 is 2.81 bits per heavy atom. The van der Waals surface area contributed by atoms with Crippen molar-refractivity contribution in [1.82, 2.24) is 9.97 Å². The van der Waals surface area contributed by atoms with Gasteiger partial charge in [0.15, 0.2) is 0 Å². The first-order valence-corrected chi connectivity index (χ1v) is 7.32. The highest BCUT2D eigenvalue weighted by molar-refractivity contribution is 5.69. The first-order valence-electron chi connectivity index (χ1n) is 7.32. The lowest BCUT2D eigenvalue weighted by atomic mass is 10.1. The number of rotatable bonds is 6. The van der Waals surface area contributed by atoms with E-state index in [1.165, 1.54) is 19.2 Å². The minimum atomic E-state index is -0.442. The molecule has 0 amide bonds. The highest BCUT2D eigenvalue weighted by Crippen LogP contribution is 2.40. The van der Waals surface area contributed by atoms with Crippen molar-refractivity contribution in [3.05, 3.63) is 16.4 Å². The molecule has 0 spiro atoms. The molecule has 2 fully saturated rings. The second-order valence-electron chi connectivity index (χ2n) is 5.42. The first kappa shape index (κ1) is 14.0. The molecule has 1 aliphatic heterocycles. The van der Waals surface area contributed by atoms with Gasteiger partial charge in [-0.1, -0.05) is 0 Å². The molecule has 1 saturated carbocycles. The van der Waals surface area contributed by atoms with Gasteiger partial charge in [0.1, 0.15) is 6.33 Å². The van der Waals surface area contributed by atoms with Crippen LogP contribution in [0.25, 0.3) is 0 Å². The molecular formula is C13H19N5O3. The number of hydrogen-bond acceptors (Lipinski definition) is 7. The van der Waals surface area contributed by atoms with Crippen LogP contribution in [0.15, 0.2) is 6.33 Å². The summed E-state index contributed by atoms with van der Waals surface area (Å²) in [5.74, 6) is 1.10. The number of nitro groups is 1. The second kappa shape index (κ2) is 5.80. The Kier molecular flexibility index (Phi) is 3.87. The third-order valence-corrected chi connectivity index (χ3v) is 3.89. The lowest BCUT2D eigenvalue weighted by Crippen LogP contribution is -2.31. The van der Waals surface area contributed by atoms with Crippen LogP contribution < -0.4 is 10.6 Å². The fourth-order valence-electron chi connectivity index (χ4n) is 2.78. The van der Waals surface area contributed by atoms with Gasteiger partial charge in [-0.15, -0.1) is 0 Å². The Hall–Kier alpha value is -1.96. The summed E-state index contributed by atoms with van der Waals surface area (Å²) in [5.41, 5.74) is -0.0965. The fourth-order valence-corrected chi connectivity index (χ4v) is 2.78. The summed E-state index contributed by atoms with van der Waals surface area (Å²) in [6.07, 6.45) is 4.69. The zero-order valence-electron chi connectivity index (χ0n) is 11.9. The van der Waals surface area contributed by atoms with E-state index in [9.17, 15) is 10.1 Å². The molecule has 8 nitrogen and oxygen atoms in total. The van der Waals surface area contributed by atoms with Crippen LogP contribution in [-0.2, 0) is 4.74 Å². The van der Waals surface area contributed by atoms with Gasteiger partial charge in [-0.3, -0.25) is 10.1 Å². The third kappa shape index (κ3) is 2.90. The van der Waals surface area contributed by atoms with Crippen molar-refractivity contribution in [3.8, 4) is 0 Å². The maximum Gasteiger partial charge on any atom is 0.353 e. The molecule has 2 atom stereocenters. The molecule has 21 heavy (non-hydrogen) atoms. The molecule has 2 unspecified atom stereocenters. The van der Waals surface area contributed by atoms with E-state index in [0.717, 1.165) is 6.42 Å². The van der Waals surface area contributed by atoms with E-state index < -0.39 is 4.92 Å². The second-order valence-corrected chi connectivity index (χ2v) is 5.42. The van der Waals surface area contributed by atoms with Gasteiger partial charge >= 0.3 is 5.69 Å². The van der Waals surface area contributed by atoms with E-state index in [1.54, 1.807) is 0 Å². The number of anilines is 2. The predicted octanol–water partition coefficient (Wildman–Crippen LogP) is 1.80.